The smallest absolute Gasteiger partial charge is 0.332 e. The molecule has 6 rings (SSSR count). The Morgan fingerprint density at radius 2 is 1.92 bits per heavy atom. The number of piperidine rings is 1. The first-order chi connectivity index (χ1) is 18.5. The molecule has 38 heavy (non-hydrogen) atoms. The van der Waals surface area contributed by atoms with Crippen molar-refractivity contribution in [2.45, 2.75) is 25.8 Å². The lowest BCUT2D eigenvalue weighted by atomic mass is 9.94. The van der Waals surface area contributed by atoms with Crippen molar-refractivity contribution in [3.05, 3.63) is 59.2 Å². The van der Waals surface area contributed by atoms with Gasteiger partial charge in [0.1, 0.15) is 29.6 Å². The molecule has 9 nitrogen and oxygen atoms in total. The Balaban J connectivity index is 1.27. The SMILES string of the molecule is [B]c1ccc(N2C(=O)Nc3c(C(=O)Nc4ccc(CN5CCCCC5)cc4)sc4ncnc2c34)cc1OC. The van der Waals surface area contributed by atoms with Crippen LogP contribution in [-0.4, -0.2) is 54.9 Å². The number of likely N-dealkylation sites (tertiary alicyclic amines) is 1. The van der Waals surface area contributed by atoms with E-state index in [2.05, 4.69) is 25.5 Å². The zero-order valence-electron chi connectivity index (χ0n) is 20.9. The summed E-state index contributed by atoms with van der Waals surface area (Å²) in [6.07, 6.45) is 5.20. The average molecular weight is 524 g/mol. The van der Waals surface area contributed by atoms with Crippen LogP contribution in [0.2, 0.25) is 0 Å². The number of ether oxygens (including phenoxy) is 1. The summed E-state index contributed by atoms with van der Waals surface area (Å²) in [5, 5.41) is 6.44. The second-order valence-corrected chi connectivity index (χ2v) is 10.4. The van der Waals surface area contributed by atoms with E-state index in [1.807, 2.05) is 24.3 Å². The lowest BCUT2D eigenvalue weighted by molar-refractivity contribution is 0.103. The second-order valence-electron chi connectivity index (χ2n) is 9.36. The highest BCUT2D eigenvalue weighted by molar-refractivity contribution is 7.21. The molecule has 0 atom stereocenters. The van der Waals surface area contributed by atoms with E-state index in [1.165, 1.54) is 54.5 Å². The molecule has 1 saturated heterocycles. The van der Waals surface area contributed by atoms with Crippen molar-refractivity contribution < 1.29 is 14.3 Å². The number of carbonyl (C=O) groups is 2. The lowest BCUT2D eigenvalue weighted by Crippen LogP contribution is -2.35. The first-order valence-corrected chi connectivity index (χ1v) is 13.3. The van der Waals surface area contributed by atoms with Gasteiger partial charge in [0.25, 0.3) is 5.91 Å². The number of aromatic nitrogens is 2. The molecular formula is C27H25BN6O3S. The van der Waals surface area contributed by atoms with Crippen LogP contribution >= 0.6 is 11.3 Å². The van der Waals surface area contributed by atoms with Gasteiger partial charge in [0.2, 0.25) is 0 Å². The standard InChI is InChI=1S/C27H25BN6O3S/c1-37-20-13-18(9-10-19(20)28)34-24-21-22(32-27(34)36)23(38-26(21)30-15-29-24)25(35)31-17-7-5-16(6-8-17)14-33-11-3-2-4-12-33/h5-10,13,15H,2-4,11-12,14H2,1H3,(H,31,35)(H,32,36). The Kier molecular flexibility index (Phi) is 6.46. The maximum atomic E-state index is 13.3. The molecule has 0 aliphatic carbocycles. The maximum Gasteiger partial charge on any atom is 0.332 e. The summed E-state index contributed by atoms with van der Waals surface area (Å²) in [7, 11) is 7.47. The molecule has 2 aliphatic rings. The molecular weight excluding hydrogens is 499 g/mol. The molecule has 0 unspecified atom stereocenters. The highest BCUT2D eigenvalue weighted by atomic mass is 32.1. The van der Waals surface area contributed by atoms with E-state index in [-0.39, 0.29) is 5.91 Å². The van der Waals surface area contributed by atoms with E-state index in [4.69, 9.17) is 12.6 Å². The summed E-state index contributed by atoms with van der Waals surface area (Å²) in [6.45, 7) is 3.18. The number of benzene rings is 2. The molecule has 190 valence electrons. The number of thiophene rings is 1. The Morgan fingerprint density at radius 1 is 1.13 bits per heavy atom. The minimum atomic E-state index is -0.446. The highest BCUT2D eigenvalue weighted by Crippen LogP contribution is 2.45. The number of hydrogen-bond donors (Lipinski definition) is 2. The van der Waals surface area contributed by atoms with Gasteiger partial charge in [-0.05, 0) is 49.7 Å². The van der Waals surface area contributed by atoms with Crippen LogP contribution in [-0.2, 0) is 6.54 Å². The molecule has 2 N–H and O–H groups in total. The molecule has 4 heterocycles. The van der Waals surface area contributed by atoms with Gasteiger partial charge in [-0.1, -0.05) is 30.1 Å². The van der Waals surface area contributed by atoms with Gasteiger partial charge in [-0.3, -0.25) is 9.69 Å². The summed E-state index contributed by atoms with van der Waals surface area (Å²) in [6, 6.07) is 12.5. The quantitative estimate of drug-likeness (QED) is 0.363. The number of rotatable bonds is 6. The predicted molar refractivity (Wildman–Crippen MR) is 150 cm³/mol. The van der Waals surface area contributed by atoms with Crippen molar-refractivity contribution in [2.24, 2.45) is 0 Å². The van der Waals surface area contributed by atoms with E-state index < -0.39 is 6.03 Å². The molecule has 2 aliphatic heterocycles. The van der Waals surface area contributed by atoms with Crippen LogP contribution in [0.15, 0.2) is 48.8 Å². The van der Waals surface area contributed by atoms with Crippen LogP contribution < -0.4 is 25.7 Å². The molecule has 3 amide bonds. The number of amides is 3. The molecule has 1 fully saturated rings. The topological polar surface area (TPSA) is 99.7 Å². The van der Waals surface area contributed by atoms with Crippen LogP contribution in [0, 0.1) is 0 Å². The Morgan fingerprint density at radius 3 is 2.68 bits per heavy atom. The Bertz CT molecular complexity index is 1530. The van der Waals surface area contributed by atoms with Crippen LogP contribution in [0.25, 0.3) is 10.2 Å². The summed E-state index contributed by atoms with van der Waals surface area (Å²) in [4.78, 5) is 40.2. The number of nitrogens with one attached hydrogen (secondary N) is 2. The summed E-state index contributed by atoms with van der Waals surface area (Å²) < 4.78 is 5.32. The van der Waals surface area contributed by atoms with E-state index in [0.29, 0.717) is 49.2 Å². The van der Waals surface area contributed by atoms with Crippen molar-refractivity contribution >= 4 is 69.7 Å². The third kappa shape index (κ3) is 4.48. The van der Waals surface area contributed by atoms with E-state index in [1.54, 1.807) is 18.2 Å². The summed E-state index contributed by atoms with van der Waals surface area (Å²) in [5.41, 5.74) is 3.29. The molecule has 4 aromatic rings. The minimum Gasteiger partial charge on any atom is -0.497 e. The molecule has 0 bridgehead atoms. The van der Waals surface area contributed by atoms with Gasteiger partial charge in [0, 0.05) is 18.3 Å². The van der Waals surface area contributed by atoms with Crippen molar-refractivity contribution in [3.63, 3.8) is 0 Å². The highest BCUT2D eigenvalue weighted by Gasteiger charge is 2.34. The normalized spacial score (nSPS) is 15.4. The third-order valence-corrected chi connectivity index (χ3v) is 7.96. The Hall–Kier alpha value is -3.96. The summed E-state index contributed by atoms with van der Waals surface area (Å²) >= 11 is 1.21. The predicted octanol–water partition coefficient (Wildman–Crippen LogP) is 4.42. The van der Waals surface area contributed by atoms with Crippen molar-refractivity contribution in [1.29, 1.82) is 0 Å². The number of urea groups is 1. The average Bonchev–Trinajstić information content (AvgIpc) is 3.30. The maximum absolute atomic E-state index is 13.3. The number of nitrogens with zero attached hydrogens (tertiary/aromatic N) is 4. The Labute approximate surface area is 225 Å². The number of methoxy groups -OCH3 is 1. The minimum absolute atomic E-state index is 0.319. The fourth-order valence-electron chi connectivity index (χ4n) is 4.96. The number of anilines is 4. The lowest BCUT2D eigenvalue weighted by Gasteiger charge is -2.27. The molecule has 2 aromatic heterocycles. The largest absolute Gasteiger partial charge is 0.497 e. The van der Waals surface area contributed by atoms with Crippen LogP contribution in [0.4, 0.5) is 27.7 Å². The van der Waals surface area contributed by atoms with Gasteiger partial charge < -0.3 is 15.4 Å². The van der Waals surface area contributed by atoms with Gasteiger partial charge in [0.05, 0.1) is 23.9 Å². The molecule has 2 radical (unpaired) electrons. The fourth-order valence-corrected chi connectivity index (χ4v) is 5.95. The van der Waals surface area contributed by atoms with Gasteiger partial charge in [-0.15, -0.1) is 11.3 Å². The van der Waals surface area contributed by atoms with E-state index in [9.17, 15) is 9.59 Å². The number of hydrogen-bond acceptors (Lipinski definition) is 7. The van der Waals surface area contributed by atoms with Gasteiger partial charge in [-0.2, -0.15) is 0 Å². The van der Waals surface area contributed by atoms with Gasteiger partial charge in [0.15, 0.2) is 5.82 Å². The van der Waals surface area contributed by atoms with Gasteiger partial charge >= 0.3 is 6.03 Å². The summed E-state index contributed by atoms with van der Waals surface area (Å²) in [5.74, 6) is 0.511. The van der Waals surface area contributed by atoms with E-state index in [0.717, 1.165) is 19.6 Å². The van der Waals surface area contributed by atoms with Crippen molar-refractivity contribution in [1.82, 2.24) is 14.9 Å². The molecule has 0 saturated carbocycles. The molecule has 2 aromatic carbocycles. The van der Waals surface area contributed by atoms with Crippen LogP contribution in [0.1, 0.15) is 34.5 Å². The molecule has 11 heteroatoms. The van der Waals surface area contributed by atoms with Crippen LogP contribution in [0.3, 0.4) is 0 Å². The fraction of sp³-hybridized carbons (Fsp3) is 0.259. The first kappa shape index (κ1) is 24.4. The first-order valence-electron chi connectivity index (χ1n) is 12.5. The van der Waals surface area contributed by atoms with Crippen molar-refractivity contribution in [3.8, 4) is 5.75 Å². The third-order valence-electron chi connectivity index (χ3n) is 6.86. The van der Waals surface area contributed by atoms with E-state index >= 15 is 0 Å². The second kappa shape index (κ2) is 10.1. The van der Waals surface area contributed by atoms with Crippen LogP contribution in [0.5, 0.6) is 5.75 Å². The monoisotopic (exact) mass is 524 g/mol. The number of carbonyl (C=O) groups excluding carboxylic acids is 2. The zero-order valence-corrected chi connectivity index (χ0v) is 21.7. The molecule has 0 spiro atoms. The zero-order chi connectivity index (χ0) is 26.2. The van der Waals surface area contributed by atoms with Crippen molar-refractivity contribution in [2.75, 3.05) is 35.7 Å². The van der Waals surface area contributed by atoms with Gasteiger partial charge in [-0.25, -0.2) is 19.7 Å².